The molecular weight excluding hydrogens is 334 g/mol. The molecule has 3 rings (SSSR count). The van der Waals surface area contributed by atoms with Crippen molar-refractivity contribution in [2.45, 2.75) is 46.7 Å². The van der Waals surface area contributed by atoms with E-state index >= 15 is 0 Å². The quantitative estimate of drug-likeness (QED) is 0.840. The molecule has 0 atom stereocenters. The summed E-state index contributed by atoms with van der Waals surface area (Å²) in [4.78, 5) is 22.4. The first kappa shape index (κ1) is 18.1. The molecule has 0 aliphatic carbocycles. The lowest BCUT2D eigenvalue weighted by Gasteiger charge is -2.21. The zero-order chi connectivity index (χ0) is 18.0. The molecule has 0 N–H and O–H groups in total. The monoisotopic (exact) mass is 361 g/mol. The Labute approximate surface area is 153 Å². The summed E-state index contributed by atoms with van der Waals surface area (Å²) in [6, 6.07) is 0.386. The molecule has 2 aromatic rings. The summed E-state index contributed by atoms with van der Waals surface area (Å²) < 4.78 is 2.00. The highest BCUT2D eigenvalue weighted by Gasteiger charge is 2.23. The van der Waals surface area contributed by atoms with Gasteiger partial charge in [-0.1, -0.05) is 0 Å². The van der Waals surface area contributed by atoms with Crippen molar-refractivity contribution in [1.82, 2.24) is 24.6 Å². The fraction of sp³-hybridized carbons (Fsp3) is 0.611. The molecule has 1 aliphatic rings. The molecule has 2 aromatic heterocycles. The van der Waals surface area contributed by atoms with Crippen molar-refractivity contribution < 1.29 is 4.79 Å². The number of carbonyl (C=O) groups excluding carboxylic acids is 1. The highest BCUT2D eigenvalue weighted by atomic mass is 32.1. The van der Waals surface area contributed by atoms with Crippen LogP contribution in [0.3, 0.4) is 0 Å². The normalized spacial score (nSPS) is 16.4. The Kier molecular flexibility index (Phi) is 5.54. The number of aryl methyl sites for hydroxylation is 2. The van der Waals surface area contributed by atoms with Gasteiger partial charge >= 0.3 is 0 Å². The molecule has 1 saturated heterocycles. The van der Waals surface area contributed by atoms with Crippen LogP contribution in [0.5, 0.6) is 0 Å². The molecule has 0 bridgehead atoms. The molecule has 0 aromatic carbocycles. The third-order valence-electron chi connectivity index (χ3n) is 4.56. The Morgan fingerprint density at radius 1 is 1.24 bits per heavy atom. The average molecular weight is 362 g/mol. The van der Waals surface area contributed by atoms with E-state index in [9.17, 15) is 4.79 Å². The van der Waals surface area contributed by atoms with Crippen LogP contribution in [0.1, 0.15) is 52.2 Å². The minimum absolute atomic E-state index is 0.137. The average Bonchev–Trinajstić information content (AvgIpc) is 3.07. The van der Waals surface area contributed by atoms with Gasteiger partial charge in [-0.25, -0.2) is 4.98 Å². The van der Waals surface area contributed by atoms with Crippen LogP contribution in [0.2, 0.25) is 0 Å². The van der Waals surface area contributed by atoms with Gasteiger partial charge in [0, 0.05) is 50.5 Å². The summed E-state index contributed by atoms with van der Waals surface area (Å²) in [5.41, 5.74) is 2.09. The Bertz CT molecular complexity index is 736. The van der Waals surface area contributed by atoms with Gasteiger partial charge in [-0.15, -0.1) is 11.3 Å². The molecule has 1 amide bonds. The van der Waals surface area contributed by atoms with Crippen LogP contribution in [-0.4, -0.2) is 56.7 Å². The number of thiazole rings is 1. The number of nitrogens with zero attached hydrogens (tertiary/aromatic N) is 5. The van der Waals surface area contributed by atoms with Gasteiger partial charge in [0.15, 0.2) is 0 Å². The zero-order valence-corrected chi connectivity index (χ0v) is 16.3. The molecule has 136 valence electrons. The highest BCUT2D eigenvalue weighted by Crippen LogP contribution is 2.20. The largest absolute Gasteiger partial charge is 0.337 e. The number of hydrogen-bond donors (Lipinski definition) is 0. The summed E-state index contributed by atoms with van der Waals surface area (Å²) in [6.07, 6.45) is 5.08. The van der Waals surface area contributed by atoms with Crippen LogP contribution in [0.25, 0.3) is 0 Å². The first-order valence-electron chi connectivity index (χ1n) is 8.92. The summed E-state index contributed by atoms with van der Waals surface area (Å²) in [6.45, 7) is 12.5. The van der Waals surface area contributed by atoms with E-state index in [0.29, 0.717) is 6.04 Å². The fourth-order valence-electron chi connectivity index (χ4n) is 3.21. The van der Waals surface area contributed by atoms with Gasteiger partial charge in [-0.3, -0.25) is 14.4 Å². The minimum Gasteiger partial charge on any atom is -0.337 e. The molecule has 0 unspecified atom stereocenters. The summed E-state index contributed by atoms with van der Waals surface area (Å²) in [5, 5.41) is 5.38. The SMILES string of the molecule is Cc1nc(C)c(C(=O)N2CCCN(Cc3cnn(C(C)C)c3)CC2)s1. The maximum Gasteiger partial charge on any atom is 0.265 e. The van der Waals surface area contributed by atoms with Crippen molar-refractivity contribution in [2.24, 2.45) is 0 Å². The maximum absolute atomic E-state index is 12.8. The molecule has 1 fully saturated rings. The van der Waals surface area contributed by atoms with Gasteiger partial charge in [0.1, 0.15) is 4.88 Å². The van der Waals surface area contributed by atoms with Crippen LogP contribution in [0.15, 0.2) is 12.4 Å². The van der Waals surface area contributed by atoms with E-state index < -0.39 is 0 Å². The van der Waals surface area contributed by atoms with Crippen molar-refractivity contribution in [1.29, 1.82) is 0 Å². The molecule has 1 aliphatic heterocycles. The van der Waals surface area contributed by atoms with Crippen LogP contribution < -0.4 is 0 Å². The van der Waals surface area contributed by atoms with Crippen LogP contribution in [0.4, 0.5) is 0 Å². The van der Waals surface area contributed by atoms with Crippen molar-refractivity contribution >= 4 is 17.2 Å². The van der Waals surface area contributed by atoms with E-state index in [-0.39, 0.29) is 5.91 Å². The topological polar surface area (TPSA) is 54.3 Å². The Morgan fingerprint density at radius 3 is 2.68 bits per heavy atom. The summed E-state index contributed by atoms with van der Waals surface area (Å²) >= 11 is 1.50. The van der Waals surface area contributed by atoms with Crippen molar-refractivity contribution in [2.75, 3.05) is 26.2 Å². The number of hydrogen-bond acceptors (Lipinski definition) is 5. The van der Waals surface area contributed by atoms with Gasteiger partial charge in [0.25, 0.3) is 5.91 Å². The maximum atomic E-state index is 12.8. The summed E-state index contributed by atoms with van der Waals surface area (Å²) in [5.74, 6) is 0.137. The van der Waals surface area contributed by atoms with E-state index in [1.807, 2.05) is 29.6 Å². The first-order valence-corrected chi connectivity index (χ1v) is 9.74. The van der Waals surface area contributed by atoms with Gasteiger partial charge in [-0.05, 0) is 34.1 Å². The lowest BCUT2D eigenvalue weighted by atomic mass is 10.3. The third kappa shape index (κ3) is 4.27. The summed E-state index contributed by atoms with van der Waals surface area (Å²) in [7, 11) is 0. The van der Waals surface area contributed by atoms with Crippen LogP contribution in [-0.2, 0) is 6.54 Å². The Hall–Kier alpha value is -1.73. The Balaban J connectivity index is 1.60. The van der Waals surface area contributed by atoms with Gasteiger partial charge in [0.2, 0.25) is 0 Å². The standard InChI is InChI=1S/C18H27N5OS/c1-13(2)23-12-16(10-19-23)11-21-6-5-7-22(9-8-21)18(24)17-14(3)20-15(4)25-17/h10,12-13H,5-9,11H2,1-4H3. The Morgan fingerprint density at radius 2 is 2.04 bits per heavy atom. The molecule has 0 saturated carbocycles. The molecule has 6 nitrogen and oxygen atoms in total. The van der Waals surface area contributed by atoms with Gasteiger partial charge in [0.05, 0.1) is 16.9 Å². The van der Waals surface area contributed by atoms with Gasteiger partial charge < -0.3 is 4.90 Å². The molecule has 0 radical (unpaired) electrons. The first-order chi connectivity index (χ1) is 11.9. The van der Waals surface area contributed by atoms with E-state index in [1.54, 1.807) is 0 Å². The van der Waals surface area contributed by atoms with Crippen molar-refractivity contribution in [3.05, 3.63) is 33.5 Å². The minimum atomic E-state index is 0.137. The van der Waals surface area contributed by atoms with E-state index in [0.717, 1.165) is 54.7 Å². The lowest BCUT2D eigenvalue weighted by Crippen LogP contribution is -2.35. The van der Waals surface area contributed by atoms with Crippen molar-refractivity contribution in [3.8, 4) is 0 Å². The zero-order valence-electron chi connectivity index (χ0n) is 15.5. The van der Waals surface area contributed by atoms with Crippen molar-refractivity contribution in [3.63, 3.8) is 0 Å². The van der Waals surface area contributed by atoms with Crippen LogP contribution >= 0.6 is 11.3 Å². The lowest BCUT2D eigenvalue weighted by molar-refractivity contribution is 0.0765. The second-order valence-corrected chi connectivity index (χ2v) is 8.19. The predicted molar refractivity (Wildman–Crippen MR) is 100.0 cm³/mol. The number of amides is 1. The highest BCUT2D eigenvalue weighted by molar-refractivity contribution is 7.13. The van der Waals surface area contributed by atoms with E-state index in [2.05, 4.69) is 35.0 Å². The molecule has 3 heterocycles. The number of rotatable bonds is 4. The number of carbonyl (C=O) groups is 1. The van der Waals surface area contributed by atoms with Crippen LogP contribution in [0, 0.1) is 13.8 Å². The third-order valence-corrected chi connectivity index (χ3v) is 5.62. The predicted octanol–water partition coefficient (Wildman–Crippen LogP) is 2.89. The van der Waals surface area contributed by atoms with Gasteiger partial charge in [-0.2, -0.15) is 5.10 Å². The molecule has 0 spiro atoms. The molecule has 25 heavy (non-hydrogen) atoms. The number of aromatic nitrogens is 3. The second kappa shape index (κ2) is 7.66. The fourth-order valence-corrected chi connectivity index (χ4v) is 4.09. The molecule has 7 heteroatoms. The second-order valence-electron chi connectivity index (χ2n) is 6.99. The van der Waals surface area contributed by atoms with E-state index in [1.165, 1.54) is 16.9 Å². The van der Waals surface area contributed by atoms with E-state index in [4.69, 9.17) is 0 Å². The smallest absolute Gasteiger partial charge is 0.265 e. The molecular formula is C18H27N5OS.